The zero-order valence-electron chi connectivity index (χ0n) is 20.5. The van der Waals surface area contributed by atoms with Gasteiger partial charge >= 0.3 is 6.09 Å². The molecular weight excluding hydrogens is 428 g/mol. The molecule has 34 heavy (non-hydrogen) atoms. The van der Waals surface area contributed by atoms with Crippen LogP contribution in [0.1, 0.15) is 43.9 Å². The van der Waals surface area contributed by atoms with Gasteiger partial charge < -0.3 is 19.5 Å². The van der Waals surface area contributed by atoms with E-state index in [9.17, 15) is 4.79 Å². The van der Waals surface area contributed by atoms with Crippen molar-refractivity contribution in [3.63, 3.8) is 0 Å². The Morgan fingerprint density at radius 2 is 1.88 bits per heavy atom. The van der Waals surface area contributed by atoms with Crippen LogP contribution in [0.25, 0.3) is 11.1 Å². The molecule has 2 bridgehead atoms. The highest BCUT2D eigenvalue weighted by atomic mass is 16.6. The van der Waals surface area contributed by atoms with E-state index in [1.165, 1.54) is 11.1 Å². The van der Waals surface area contributed by atoms with Crippen LogP contribution in [-0.2, 0) is 15.9 Å². The molecule has 1 N–H and O–H groups in total. The van der Waals surface area contributed by atoms with Gasteiger partial charge in [0.1, 0.15) is 18.5 Å². The smallest absolute Gasteiger partial charge is 0.407 e. The van der Waals surface area contributed by atoms with Crippen molar-refractivity contribution in [2.45, 2.75) is 45.3 Å². The third-order valence-corrected chi connectivity index (χ3v) is 7.72. The fourth-order valence-corrected chi connectivity index (χ4v) is 5.85. The molecule has 2 aromatic rings. The molecule has 3 heterocycles. The minimum Gasteiger partial charge on any atom is -0.491 e. The molecule has 182 valence electrons. The van der Waals surface area contributed by atoms with Crippen molar-refractivity contribution in [1.29, 1.82) is 0 Å². The summed E-state index contributed by atoms with van der Waals surface area (Å²) in [5.74, 6) is 1.35. The van der Waals surface area contributed by atoms with E-state index in [2.05, 4.69) is 54.4 Å². The first-order chi connectivity index (χ1) is 16.4. The topological polar surface area (TPSA) is 60.0 Å². The number of fused-ring (bicyclic) bond motifs is 4. The SMILES string of the molecule is COCCOc1cccc(-c2ccc3c(c2)CC(C)(C)C3NC(=O)O[C@@H]2CN3CCC2CC3)c1. The van der Waals surface area contributed by atoms with E-state index in [4.69, 9.17) is 14.2 Å². The van der Waals surface area contributed by atoms with Gasteiger partial charge in [-0.25, -0.2) is 4.79 Å². The standard InChI is InChI=1S/C28H36N2O4/c1-28(2)17-22-15-21(20-5-4-6-23(16-20)33-14-13-32-3)7-8-24(22)26(28)29-27(31)34-25-18-30-11-9-19(25)10-12-30/h4-8,15-16,19,25-26H,9-14,17-18H2,1-3H3,(H,29,31)/t25-,26?/m1/s1. The Morgan fingerprint density at radius 3 is 2.62 bits per heavy atom. The molecule has 4 aliphatic rings. The summed E-state index contributed by atoms with van der Waals surface area (Å²) < 4.78 is 16.8. The monoisotopic (exact) mass is 464 g/mol. The van der Waals surface area contributed by atoms with Crippen LogP contribution >= 0.6 is 0 Å². The number of hydrogen-bond donors (Lipinski definition) is 1. The third kappa shape index (κ3) is 4.80. The van der Waals surface area contributed by atoms with Crippen LogP contribution in [0.15, 0.2) is 42.5 Å². The van der Waals surface area contributed by atoms with Gasteiger partial charge in [0.2, 0.25) is 0 Å². The summed E-state index contributed by atoms with van der Waals surface area (Å²) in [5, 5.41) is 3.22. The maximum Gasteiger partial charge on any atom is 0.407 e. The van der Waals surface area contributed by atoms with Gasteiger partial charge in [-0.2, -0.15) is 0 Å². The fraction of sp³-hybridized carbons (Fsp3) is 0.536. The molecule has 0 spiro atoms. The van der Waals surface area contributed by atoms with Gasteiger partial charge in [0.25, 0.3) is 0 Å². The average molecular weight is 465 g/mol. The molecule has 3 fully saturated rings. The predicted octanol–water partition coefficient (Wildman–Crippen LogP) is 4.82. The summed E-state index contributed by atoms with van der Waals surface area (Å²) >= 11 is 0. The van der Waals surface area contributed by atoms with Crippen molar-refractivity contribution in [2.24, 2.45) is 11.3 Å². The Labute approximate surface area is 202 Å². The molecule has 1 amide bonds. The number of carbonyl (C=O) groups is 1. The first-order valence-corrected chi connectivity index (χ1v) is 12.5. The molecule has 2 aromatic carbocycles. The number of rotatable bonds is 7. The van der Waals surface area contributed by atoms with E-state index in [0.717, 1.165) is 55.8 Å². The van der Waals surface area contributed by atoms with Gasteiger partial charge in [-0.15, -0.1) is 0 Å². The van der Waals surface area contributed by atoms with Crippen LogP contribution in [-0.4, -0.2) is 57.1 Å². The average Bonchev–Trinajstić information content (AvgIpc) is 3.08. The summed E-state index contributed by atoms with van der Waals surface area (Å²) in [6.45, 7) is 8.68. The summed E-state index contributed by atoms with van der Waals surface area (Å²) in [4.78, 5) is 15.3. The Kier molecular flexibility index (Phi) is 6.54. The molecule has 3 saturated heterocycles. The van der Waals surface area contributed by atoms with Crippen LogP contribution in [0, 0.1) is 11.3 Å². The number of hydrogen-bond acceptors (Lipinski definition) is 5. The van der Waals surface area contributed by atoms with Crippen molar-refractivity contribution >= 4 is 6.09 Å². The van der Waals surface area contributed by atoms with E-state index in [-0.39, 0.29) is 23.7 Å². The third-order valence-electron chi connectivity index (χ3n) is 7.72. The van der Waals surface area contributed by atoms with Crippen molar-refractivity contribution in [2.75, 3.05) is 40.0 Å². The summed E-state index contributed by atoms with van der Waals surface area (Å²) in [6, 6.07) is 14.7. The molecule has 6 nitrogen and oxygen atoms in total. The van der Waals surface area contributed by atoms with Crippen molar-refractivity contribution < 1.29 is 19.0 Å². The lowest BCUT2D eigenvalue weighted by Gasteiger charge is -2.44. The molecule has 3 aliphatic heterocycles. The summed E-state index contributed by atoms with van der Waals surface area (Å²) in [5.41, 5.74) is 4.66. The minimum atomic E-state index is -0.283. The molecule has 6 rings (SSSR count). The van der Waals surface area contributed by atoms with Crippen LogP contribution in [0.3, 0.4) is 0 Å². The normalized spacial score (nSPS) is 26.7. The first kappa shape index (κ1) is 23.2. The van der Waals surface area contributed by atoms with Crippen LogP contribution in [0.4, 0.5) is 4.79 Å². The maximum absolute atomic E-state index is 12.9. The zero-order valence-corrected chi connectivity index (χ0v) is 20.5. The molecule has 1 aliphatic carbocycles. The number of nitrogens with zero attached hydrogens (tertiary/aromatic N) is 1. The van der Waals surface area contributed by atoms with Crippen molar-refractivity contribution in [3.8, 4) is 16.9 Å². The van der Waals surface area contributed by atoms with E-state index >= 15 is 0 Å². The molecule has 0 saturated carbocycles. The van der Waals surface area contributed by atoms with E-state index < -0.39 is 0 Å². The van der Waals surface area contributed by atoms with Gasteiger partial charge in [-0.05, 0) is 78.1 Å². The predicted molar refractivity (Wildman–Crippen MR) is 132 cm³/mol. The molecule has 6 heteroatoms. The van der Waals surface area contributed by atoms with E-state index in [1.807, 2.05) is 12.1 Å². The molecule has 0 aromatic heterocycles. The number of alkyl carbamates (subject to hydrolysis) is 1. The Morgan fingerprint density at radius 1 is 1.09 bits per heavy atom. The summed E-state index contributed by atoms with van der Waals surface area (Å²) in [7, 11) is 1.67. The number of methoxy groups -OCH3 is 1. The Balaban J connectivity index is 1.29. The lowest BCUT2D eigenvalue weighted by atomic mass is 9.85. The second kappa shape index (κ2) is 9.59. The summed E-state index contributed by atoms with van der Waals surface area (Å²) in [6.07, 6.45) is 2.92. The molecular formula is C28H36N2O4. The van der Waals surface area contributed by atoms with Crippen LogP contribution in [0.2, 0.25) is 0 Å². The minimum absolute atomic E-state index is 0.0206. The van der Waals surface area contributed by atoms with Gasteiger partial charge in [0.15, 0.2) is 0 Å². The quantitative estimate of drug-likeness (QED) is 0.595. The largest absolute Gasteiger partial charge is 0.491 e. The van der Waals surface area contributed by atoms with Crippen molar-refractivity contribution in [3.05, 3.63) is 53.6 Å². The second-order valence-electron chi connectivity index (χ2n) is 10.6. The van der Waals surface area contributed by atoms with Gasteiger partial charge in [0.05, 0.1) is 12.6 Å². The van der Waals surface area contributed by atoms with Crippen LogP contribution < -0.4 is 10.1 Å². The lowest BCUT2D eigenvalue weighted by Crippen LogP contribution is -2.53. The number of carbonyl (C=O) groups excluding carboxylic acids is 1. The Hall–Kier alpha value is -2.57. The number of nitrogens with one attached hydrogen (secondary N) is 1. The molecule has 0 radical (unpaired) electrons. The first-order valence-electron chi connectivity index (χ1n) is 12.5. The number of benzene rings is 2. The lowest BCUT2D eigenvalue weighted by molar-refractivity contribution is -0.0348. The van der Waals surface area contributed by atoms with Crippen LogP contribution in [0.5, 0.6) is 5.75 Å². The Bertz CT molecular complexity index is 1030. The van der Waals surface area contributed by atoms with Gasteiger partial charge in [0, 0.05) is 13.7 Å². The van der Waals surface area contributed by atoms with E-state index in [1.54, 1.807) is 7.11 Å². The second-order valence-corrected chi connectivity index (χ2v) is 10.6. The highest BCUT2D eigenvalue weighted by Gasteiger charge is 2.42. The molecule has 2 atom stereocenters. The number of amides is 1. The molecule has 1 unspecified atom stereocenters. The highest BCUT2D eigenvalue weighted by Crippen LogP contribution is 2.46. The number of piperidine rings is 3. The highest BCUT2D eigenvalue weighted by molar-refractivity contribution is 5.70. The fourth-order valence-electron chi connectivity index (χ4n) is 5.85. The zero-order chi connectivity index (χ0) is 23.7. The van der Waals surface area contributed by atoms with Gasteiger partial charge in [-0.1, -0.05) is 44.2 Å². The van der Waals surface area contributed by atoms with E-state index in [0.29, 0.717) is 19.1 Å². The van der Waals surface area contributed by atoms with Crippen molar-refractivity contribution in [1.82, 2.24) is 10.2 Å². The number of ether oxygens (including phenoxy) is 3. The maximum atomic E-state index is 12.9. The van der Waals surface area contributed by atoms with Gasteiger partial charge in [-0.3, -0.25) is 4.90 Å².